The number of amides is 1. The zero-order chi connectivity index (χ0) is 14.2. The molecule has 0 bridgehead atoms. The number of fused-ring (bicyclic) bond motifs is 1. The number of hydrogen-bond acceptors (Lipinski definition) is 4. The quantitative estimate of drug-likeness (QED) is 0.655. The average Bonchev–Trinajstić information content (AvgIpc) is 2.37. The van der Waals surface area contributed by atoms with Gasteiger partial charge in [-0.15, -0.1) is 0 Å². The highest BCUT2D eigenvalue weighted by Crippen LogP contribution is 2.23. The Balaban J connectivity index is 2.77. The summed E-state index contributed by atoms with van der Waals surface area (Å²) in [7, 11) is 0. The minimum Gasteiger partial charge on any atom is -0.368 e. The van der Waals surface area contributed by atoms with Crippen LogP contribution in [0.25, 0.3) is 10.8 Å². The number of nitrogens with zero attached hydrogens (tertiary/aromatic N) is 2. The van der Waals surface area contributed by atoms with Gasteiger partial charge >= 0.3 is 0 Å². The van der Waals surface area contributed by atoms with Crippen molar-refractivity contribution < 1.29 is 9.72 Å². The van der Waals surface area contributed by atoms with Gasteiger partial charge in [-0.3, -0.25) is 19.7 Å². The summed E-state index contributed by atoms with van der Waals surface area (Å²) in [4.78, 5) is 33.6. The van der Waals surface area contributed by atoms with E-state index in [-0.39, 0.29) is 16.5 Å². The van der Waals surface area contributed by atoms with Crippen molar-refractivity contribution in [2.45, 2.75) is 13.0 Å². The Bertz CT molecular complexity index is 735. The van der Waals surface area contributed by atoms with Crippen LogP contribution in [-0.4, -0.2) is 15.4 Å². The zero-order valence-corrected chi connectivity index (χ0v) is 10.1. The standard InChI is InChI=1S/C12H11N3O4/c1-7(11(13)16)14-6-5-8-9(12(14)17)3-2-4-10(8)15(18)19/h2-7H,1H3,(H2,13,16). The molecule has 0 saturated carbocycles. The topological polar surface area (TPSA) is 108 Å². The molecule has 1 atom stereocenters. The minimum absolute atomic E-state index is 0.145. The molecular weight excluding hydrogens is 250 g/mol. The number of carbonyl (C=O) groups excluding carboxylic acids is 1. The summed E-state index contributed by atoms with van der Waals surface area (Å²) in [6.45, 7) is 1.49. The lowest BCUT2D eigenvalue weighted by Gasteiger charge is -2.12. The van der Waals surface area contributed by atoms with Crippen molar-refractivity contribution in [3.63, 3.8) is 0 Å². The summed E-state index contributed by atoms with van der Waals surface area (Å²) >= 11 is 0. The molecule has 2 rings (SSSR count). The third kappa shape index (κ3) is 2.05. The predicted molar refractivity (Wildman–Crippen MR) is 68.8 cm³/mol. The van der Waals surface area contributed by atoms with Crippen LogP contribution in [0, 0.1) is 10.1 Å². The molecular formula is C12H11N3O4. The molecule has 0 aliphatic heterocycles. The van der Waals surface area contributed by atoms with Gasteiger partial charge in [0.1, 0.15) is 6.04 Å². The minimum atomic E-state index is -0.809. The fraction of sp³-hybridized carbons (Fsp3) is 0.167. The fourth-order valence-corrected chi connectivity index (χ4v) is 1.88. The Morgan fingerprint density at radius 3 is 2.63 bits per heavy atom. The highest BCUT2D eigenvalue weighted by molar-refractivity contribution is 5.90. The van der Waals surface area contributed by atoms with Crippen LogP contribution in [0.1, 0.15) is 13.0 Å². The summed E-state index contributed by atoms with van der Waals surface area (Å²) < 4.78 is 1.16. The van der Waals surface area contributed by atoms with E-state index in [2.05, 4.69) is 0 Å². The Morgan fingerprint density at radius 2 is 2.05 bits per heavy atom. The fourth-order valence-electron chi connectivity index (χ4n) is 1.88. The number of non-ortho nitro benzene ring substituents is 1. The van der Waals surface area contributed by atoms with Crippen LogP contribution in [0.3, 0.4) is 0 Å². The van der Waals surface area contributed by atoms with Crippen LogP contribution in [0.15, 0.2) is 35.3 Å². The first-order valence-corrected chi connectivity index (χ1v) is 5.51. The second-order valence-electron chi connectivity index (χ2n) is 4.10. The monoisotopic (exact) mass is 261 g/mol. The van der Waals surface area contributed by atoms with Gasteiger partial charge in [0.25, 0.3) is 11.2 Å². The molecule has 2 aromatic rings. The maximum Gasteiger partial charge on any atom is 0.277 e. The van der Waals surface area contributed by atoms with E-state index in [1.54, 1.807) is 0 Å². The number of hydrogen-bond donors (Lipinski definition) is 1. The molecule has 1 amide bonds. The lowest BCUT2D eigenvalue weighted by molar-refractivity contribution is -0.383. The lowest BCUT2D eigenvalue weighted by Crippen LogP contribution is -2.31. The summed E-state index contributed by atoms with van der Waals surface area (Å²) in [6, 6.07) is 4.87. The van der Waals surface area contributed by atoms with E-state index < -0.39 is 22.4 Å². The van der Waals surface area contributed by atoms with Gasteiger partial charge in [0, 0.05) is 12.3 Å². The van der Waals surface area contributed by atoms with Crippen LogP contribution < -0.4 is 11.3 Å². The van der Waals surface area contributed by atoms with Crippen LogP contribution in [-0.2, 0) is 4.79 Å². The number of benzene rings is 1. The largest absolute Gasteiger partial charge is 0.368 e. The summed E-state index contributed by atoms with van der Waals surface area (Å²) in [5.74, 6) is -0.646. The number of aromatic nitrogens is 1. The Labute approximate surface area is 107 Å². The van der Waals surface area contributed by atoms with Crippen molar-refractivity contribution in [1.82, 2.24) is 4.57 Å². The highest BCUT2D eigenvalue weighted by Gasteiger charge is 2.17. The first kappa shape index (κ1) is 12.7. The van der Waals surface area contributed by atoms with E-state index in [1.165, 1.54) is 37.4 Å². The lowest BCUT2D eigenvalue weighted by atomic mass is 10.1. The van der Waals surface area contributed by atoms with Crippen LogP contribution >= 0.6 is 0 Å². The number of primary amides is 1. The van der Waals surface area contributed by atoms with Gasteiger partial charge in [-0.25, -0.2) is 0 Å². The summed E-state index contributed by atoms with van der Waals surface area (Å²) in [5.41, 5.74) is 4.53. The first-order chi connectivity index (χ1) is 8.93. The van der Waals surface area contributed by atoms with E-state index in [1.807, 2.05) is 0 Å². The van der Waals surface area contributed by atoms with E-state index in [9.17, 15) is 19.7 Å². The second-order valence-corrected chi connectivity index (χ2v) is 4.10. The second kappa shape index (κ2) is 4.52. The van der Waals surface area contributed by atoms with E-state index in [0.29, 0.717) is 0 Å². The van der Waals surface area contributed by atoms with Crippen molar-refractivity contribution in [2.24, 2.45) is 5.73 Å². The number of pyridine rings is 1. The smallest absolute Gasteiger partial charge is 0.277 e. The normalized spacial score (nSPS) is 12.3. The molecule has 0 radical (unpaired) electrons. The van der Waals surface area contributed by atoms with E-state index >= 15 is 0 Å². The molecule has 1 unspecified atom stereocenters. The van der Waals surface area contributed by atoms with Crippen molar-refractivity contribution in [2.75, 3.05) is 0 Å². The average molecular weight is 261 g/mol. The maximum atomic E-state index is 12.2. The third-order valence-corrected chi connectivity index (χ3v) is 2.98. The van der Waals surface area contributed by atoms with Crippen LogP contribution in [0.2, 0.25) is 0 Å². The van der Waals surface area contributed by atoms with Gasteiger partial charge in [-0.05, 0) is 19.1 Å². The molecule has 1 heterocycles. The number of nitro benzene ring substituents is 1. The Kier molecular flexibility index (Phi) is 3.04. The first-order valence-electron chi connectivity index (χ1n) is 5.51. The molecule has 1 aromatic heterocycles. The van der Waals surface area contributed by atoms with Gasteiger partial charge in [-0.2, -0.15) is 0 Å². The molecule has 1 aromatic carbocycles. The Morgan fingerprint density at radius 1 is 1.37 bits per heavy atom. The van der Waals surface area contributed by atoms with Crippen molar-refractivity contribution in [3.8, 4) is 0 Å². The van der Waals surface area contributed by atoms with E-state index in [0.717, 1.165) is 4.57 Å². The van der Waals surface area contributed by atoms with Crippen LogP contribution in [0.4, 0.5) is 5.69 Å². The van der Waals surface area contributed by atoms with Gasteiger partial charge in [0.05, 0.1) is 15.7 Å². The summed E-state index contributed by atoms with van der Waals surface area (Å²) in [5, 5.41) is 11.3. The maximum absolute atomic E-state index is 12.2. The third-order valence-electron chi connectivity index (χ3n) is 2.98. The number of carbonyl (C=O) groups is 1. The Hall–Kier alpha value is -2.70. The number of nitro groups is 1. The van der Waals surface area contributed by atoms with Crippen LogP contribution in [0.5, 0.6) is 0 Å². The molecule has 0 aliphatic carbocycles. The molecule has 7 heteroatoms. The molecule has 0 spiro atoms. The molecule has 0 aliphatic rings. The molecule has 2 N–H and O–H groups in total. The van der Waals surface area contributed by atoms with Crippen molar-refractivity contribution >= 4 is 22.4 Å². The van der Waals surface area contributed by atoms with Gasteiger partial charge < -0.3 is 10.3 Å². The molecule has 0 saturated heterocycles. The summed E-state index contributed by atoms with van der Waals surface area (Å²) in [6.07, 6.45) is 1.34. The zero-order valence-electron chi connectivity index (χ0n) is 10.1. The van der Waals surface area contributed by atoms with Gasteiger partial charge in [0.15, 0.2) is 0 Å². The molecule has 7 nitrogen and oxygen atoms in total. The predicted octanol–water partition coefficient (Wildman–Crippen LogP) is 0.956. The van der Waals surface area contributed by atoms with E-state index in [4.69, 9.17) is 5.73 Å². The SMILES string of the molecule is CC(C(N)=O)n1ccc2c([N+](=O)[O-])cccc2c1=O. The number of nitrogens with two attached hydrogens (primary N) is 1. The molecule has 98 valence electrons. The van der Waals surface area contributed by atoms with Crippen molar-refractivity contribution in [1.29, 1.82) is 0 Å². The molecule has 0 fully saturated rings. The molecule has 19 heavy (non-hydrogen) atoms. The number of rotatable bonds is 3. The van der Waals surface area contributed by atoms with Gasteiger partial charge in [0.2, 0.25) is 5.91 Å². The van der Waals surface area contributed by atoms with Gasteiger partial charge in [-0.1, -0.05) is 6.07 Å². The van der Waals surface area contributed by atoms with Crippen molar-refractivity contribution in [3.05, 3.63) is 50.9 Å². The highest BCUT2D eigenvalue weighted by atomic mass is 16.6.